The van der Waals surface area contributed by atoms with Gasteiger partial charge in [-0.3, -0.25) is 14.7 Å². The molecule has 0 atom stereocenters. The molecule has 1 saturated heterocycles. The van der Waals surface area contributed by atoms with Gasteiger partial charge in [-0.05, 0) is 31.0 Å². The van der Waals surface area contributed by atoms with Crippen LogP contribution in [-0.4, -0.2) is 45.3 Å². The number of carbonyl (C=O) groups is 1. The van der Waals surface area contributed by atoms with Crippen molar-refractivity contribution in [1.29, 1.82) is 0 Å². The molecule has 0 spiro atoms. The number of likely N-dealkylation sites (tertiary alicyclic amines) is 1. The summed E-state index contributed by atoms with van der Waals surface area (Å²) in [7, 11) is 0. The van der Waals surface area contributed by atoms with E-state index in [4.69, 9.17) is 4.74 Å². The van der Waals surface area contributed by atoms with Crippen LogP contribution >= 0.6 is 0 Å². The summed E-state index contributed by atoms with van der Waals surface area (Å²) in [6.45, 7) is 6.99. The van der Waals surface area contributed by atoms with Crippen molar-refractivity contribution in [2.24, 2.45) is 0 Å². The van der Waals surface area contributed by atoms with Crippen LogP contribution in [0.4, 0.5) is 5.82 Å². The number of rotatable bonds is 8. The van der Waals surface area contributed by atoms with Gasteiger partial charge in [0.1, 0.15) is 18.2 Å². The van der Waals surface area contributed by atoms with E-state index in [9.17, 15) is 4.79 Å². The van der Waals surface area contributed by atoms with Crippen LogP contribution in [-0.2, 0) is 6.54 Å². The fraction of sp³-hybridized carbons (Fsp3) is 0.292. The molecule has 0 saturated carbocycles. The third kappa shape index (κ3) is 5.19. The highest BCUT2D eigenvalue weighted by Gasteiger charge is 2.24. The molecule has 3 heterocycles. The Morgan fingerprint density at radius 1 is 1.16 bits per heavy atom. The number of para-hydroxylation sites is 1. The maximum atomic E-state index is 12.5. The van der Waals surface area contributed by atoms with E-state index in [-0.39, 0.29) is 11.9 Å². The van der Waals surface area contributed by atoms with Gasteiger partial charge in [0.2, 0.25) is 0 Å². The van der Waals surface area contributed by atoms with Crippen LogP contribution in [0.2, 0.25) is 0 Å². The second kappa shape index (κ2) is 10.0. The van der Waals surface area contributed by atoms with Gasteiger partial charge in [0.15, 0.2) is 0 Å². The van der Waals surface area contributed by atoms with Gasteiger partial charge < -0.3 is 10.1 Å². The van der Waals surface area contributed by atoms with E-state index in [2.05, 4.69) is 32.9 Å². The molecule has 0 bridgehead atoms. The van der Waals surface area contributed by atoms with Crippen molar-refractivity contribution in [2.45, 2.75) is 25.4 Å². The van der Waals surface area contributed by atoms with E-state index in [1.165, 1.54) is 5.56 Å². The average Bonchev–Trinajstić information content (AvgIpc) is 3.27. The van der Waals surface area contributed by atoms with E-state index in [0.717, 1.165) is 44.0 Å². The minimum Gasteiger partial charge on any atom is -0.489 e. The Hall–Kier alpha value is -3.45. The molecule has 1 aliphatic heterocycles. The quantitative estimate of drug-likeness (QED) is 0.562. The molecule has 1 aliphatic rings. The molecule has 0 aliphatic carbocycles. The lowest BCUT2D eigenvalue weighted by Gasteiger charge is -2.33. The molecule has 1 fully saturated rings. The van der Waals surface area contributed by atoms with Crippen LogP contribution in [0.5, 0.6) is 5.75 Å². The van der Waals surface area contributed by atoms with Gasteiger partial charge in [-0.1, -0.05) is 30.9 Å². The number of hydrogen-bond acceptors (Lipinski definition) is 5. The lowest BCUT2D eigenvalue weighted by atomic mass is 10.0. The Labute approximate surface area is 182 Å². The summed E-state index contributed by atoms with van der Waals surface area (Å²) in [5.41, 5.74) is 1.72. The maximum Gasteiger partial charge on any atom is 0.258 e. The molecule has 0 unspecified atom stereocenters. The molecule has 3 aromatic rings. The number of nitrogens with one attached hydrogen (secondary N) is 1. The zero-order valence-corrected chi connectivity index (χ0v) is 17.5. The third-order valence-corrected chi connectivity index (χ3v) is 5.46. The van der Waals surface area contributed by atoms with Crippen LogP contribution in [0.25, 0.3) is 0 Å². The number of carbonyl (C=O) groups excluding carboxylic acids is 1. The zero-order chi connectivity index (χ0) is 21.5. The zero-order valence-electron chi connectivity index (χ0n) is 17.5. The monoisotopic (exact) mass is 417 g/mol. The Bertz CT molecular complexity index is 1010. The molecule has 0 radical (unpaired) electrons. The van der Waals surface area contributed by atoms with Gasteiger partial charge in [-0.25, -0.2) is 4.68 Å². The molecule has 7 nitrogen and oxygen atoms in total. The van der Waals surface area contributed by atoms with Gasteiger partial charge in [0.25, 0.3) is 5.91 Å². The smallest absolute Gasteiger partial charge is 0.258 e. The van der Waals surface area contributed by atoms with E-state index in [1.54, 1.807) is 36.8 Å². The van der Waals surface area contributed by atoms with Gasteiger partial charge >= 0.3 is 0 Å². The van der Waals surface area contributed by atoms with Crippen LogP contribution in [0, 0.1) is 0 Å². The van der Waals surface area contributed by atoms with Crippen molar-refractivity contribution in [3.8, 4) is 5.75 Å². The van der Waals surface area contributed by atoms with Crippen molar-refractivity contribution in [3.63, 3.8) is 0 Å². The molecule has 1 aromatic carbocycles. The molecule has 1 amide bonds. The number of anilines is 1. The Balaban J connectivity index is 1.35. The molecule has 1 N–H and O–H groups in total. The molecule has 160 valence electrons. The van der Waals surface area contributed by atoms with Crippen molar-refractivity contribution in [3.05, 3.63) is 84.8 Å². The first-order valence-electron chi connectivity index (χ1n) is 10.5. The second-order valence-corrected chi connectivity index (χ2v) is 7.57. The number of hydrogen-bond donors (Lipinski definition) is 1. The first-order chi connectivity index (χ1) is 15.2. The first-order valence-corrected chi connectivity index (χ1v) is 10.5. The van der Waals surface area contributed by atoms with Gasteiger partial charge in [0.05, 0.1) is 17.8 Å². The summed E-state index contributed by atoms with van der Waals surface area (Å²) in [5, 5.41) is 7.45. The van der Waals surface area contributed by atoms with E-state index in [1.807, 2.05) is 28.9 Å². The Morgan fingerprint density at radius 3 is 2.77 bits per heavy atom. The summed E-state index contributed by atoms with van der Waals surface area (Å²) in [4.78, 5) is 18.9. The number of nitrogens with zero attached hydrogens (tertiary/aromatic N) is 4. The highest BCUT2D eigenvalue weighted by Crippen LogP contribution is 2.28. The van der Waals surface area contributed by atoms with Crippen LogP contribution in [0.3, 0.4) is 0 Å². The predicted octanol–water partition coefficient (Wildman–Crippen LogP) is 3.93. The van der Waals surface area contributed by atoms with Crippen molar-refractivity contribution < 1.29 is 9.53 Å². The van der Waals surface area contributed by atoms with E-state index < -0.39 is 0 Å². The second-order valence-electron chi connectivity index (χ2n) is 7.57. The molecule has 31 heavy (non-hydrogen) atoms. The number of amides is 1. The molecular formula is C24H27N5O2. The first kappa shape index (κ1) is 20.8. The predicted molar refractivity (Wildman–Crippen MR) is 120 cm³/mol. The van der Waals surface area contributed by atoms with Gasteiger partial charge in [0, 0.05) is 43.7 Å². The van der Waals surface area contributed by atoms with Crippen LogP contribution in [0.15, 0.2) is 73.7 Å². The van der Waals surface area contributed by atoms with E-state index in [0.29, 0.717) is 12.2 Å². The SMILES string of the molecule is C=CCOc1ccccc1CN1CCC(n2nccc2NC(=O)c2cccnc2)CC1. The minimum atomic E-state index is -0.177. The van der Waals surface area contributed by atoms with E-state index >= 15 is 0 Å². The summed E-state index contributed by atoms with van der Waals surface area (Å²) in [6, 6.07) is 13.8. The summed E-state index contributed by atoms with van der Waals surface area (Å²) in [5.74, 6) is 1.45. The lowest BCUT2D eigenvalue weighted by Crippen LogP contribution is -2.35. The number of pyridine rings is 1. The topological polar surface area (TPSA) is 72.3 Å². The Kier molecular flexibility index (Phi) is 6.74. The number of benzene rings is 1. The van der Waals surface area contributed by atoms with Crippen molar-refractivity contribution in [1.82, 2.24) is 19.7 Å². The summed E-state index contributed by atoms with van der Waals surface area (Å²) < 4.78 is 7.73. The maximum absolute atomic E-state index is 12.5. The fourth-order valence-corrected chi connectivity index (χ4v) is 3.88. The average molecular weight is 418 g/mol. The van der Waals surface area contributed by atoms with Crippen molar-refractivity contribution >= 4 is 11.7 Å². The minimum absolute atomic E-state index is 0.177. The standard InChI is InChI=1S/C24H27N5O2/c1-2-16-31-22-8-4-3-6-20(22)18-28-14-10-21(11-15-28)29-23(9-13-26-29)27-24(30)19-7-5-12-25-17-19/h2-9,12-13,17,21H,1,10-11,14-16,18H2,(H,27,30). The highest BCUT2D eigenvalue weighted by atomic mass is 16.5. The molecule has 2 aromatic heterocycles. The normalized spacial score (nSPS) is 14.8. The largest absolute Gasteiger partial charge is 0.489 e. The highest BCUT2D eigenvalue weighted by molar-refractivity contribution is 6.03. The third-order valence-electron chi connectivity index (χ3n) is 5.46. The number of aromatic nitrogens is 3. The molecule has 7 heteroatoms. The van der Waals surface area contributed by atoms with Gasteiger partial charge in [-0.2, -0.15) is 5.10 Å². The number of piperidine rings is 1. The van der Waals surface area contributed by atoms with Crippen LogP contribution in [0.1, 0.15) is 34.8 Å². The molecule has 4 rings (SSSR count). The summed E-state index contributed by atoms with van der Waals surface area (Å²) in [6.07, 6.45) is 8.64. The fourth-order valence-electron chi connectivity index (χ4n) is 3.88. The summed E-state index contributed by atoms with van der Waals surface area (Å²) >= 11 is 0. The lowest BCUT2D eigenvalue weighted by molar-refractivity contribution is 0.102. The van der Waals surface area contributed by atoms with Gasteiger partial charge in [-0.15, -0.1) is 0 Å². The van der Waals surface area contributed by atoms with Crippen molar-refractivity contribution in [2.75, 3.05) is 25.0 Å². The number of ether oxygens (including phenoxy) is 1. The Morgan fingerprint density at radius 2 is 2.00 bits per heavy atom. The molecular weight excluding hydrogens is 390 g/mol. The van der Waals surface area contributed by atoms with Crippen LogP contribution < -0.4 is 10.1 Å².